The van der Waals surface area contributed by atoms with Gasteiger partial charge in [-0.3, -0.25) is 9.55 Å². The second-order valence-electron chi connectivity index (χ2n) is 6.47. The summed E-state index contributed by atoms with van der Waals surface area (Å²) in [5, 5.41) is 4.85. The first-order chi connectivity index (χ1) is 13.2. The molecule has 2 aromatic heterocycles. The van der Waals surface area contributed by atoms with Gasteiger partial charge in [-0.15, -0.1) is 0 Å². The lowest BCUT2D eigenvalue weighted by Crippen LogP contribution is -2.04. The van der Waals surface area contributed by atoms with Gasteiger partial charge in [-0.05, 0) is 55.4 Å². The standard InChI is InChI=1S/C22H20N4S/c1-17-7-9-20(10-8-17)26-21(19-5-3-2-4-6-19)24-25(22(26)27)16-13-18-11-14-23-15-12-18/h2-12,14-15H,13,16H2,1H3. The highest BCUT2D eigenvalue weighted by Crippen LogP contribution is 2.23. The molecule has 4 nitrogen and oxygen atoms in total. The summed E-state index contributed by atoms with van der Waals surface area (Å²) in [7, 11) is 0. The SMILES string of the molecule is Cc1ccc(-n2c(-c3ccccc3)nn(CCc3ccncc3)c2=S)cc1. The summed E-state index contributed by atoms with van der Waals surface area (Å²) in [6.07, 6.45) is 4.49. The van der Waals surface area contributed by atoms with Gasteiger partial charge in [-0.25, -0.2) is 4.68 Å². The Morgan fingerprint density at radius 1 is 0.889 bits per heavy atom. The van der Waals surface area contributed by atoms with E-state index in [0.29, 0.717) is 4.77 Å². The molecule has 0 fully saturated rings. The van der Waals surface area contributed by atoms with Gasteiger partial charge in [-0.2, -0.15) is 5.10 Å². The minimum Gasteiger partial charge on any atom is -0.268 e. The van der Waals surface area contributed by atoms with Gasteiger partial charge in [0.2, 0.25) is 4.77 Å². The molecular formula is C22H20N4S. The number of aryl methyl sites for hydroxylation is 3. The van der Waals surface area contributed by atoms with Gasteiger partial charge in [0.1, 0.15) is 0 Å². The van der Waals surface area contributed by atoms with Crippen LogP contribution in [0.25, 0.3) is 17.1 Å². The molecular weight excluding hydrogens is 352 g/mol. The highest BCUT2D eigenvalue weighted by molar-refractivity contribution is 7.71. The molecule has 0 N–H and O–H groups in total. The summed E-state index contributed by atoms with van der Waals surface area (Å²) in [4.78, 5) is 4.08. The second-order valence-corrected chi connectivity index (χ2v) is 6.84. The Morgan fingerprint density at radius 3 is 2.30 bits per heavy atom. The van der Waals surface area contributed by atoms with E-state index < -0.39 is 0 Å². The predicted molar refractivity (Wildman–Crippen MR) is 111 cm³/mol. The fourth-order valence-corrected chi connectivity index (χ4v) is 3.36. The minimum atomic E-state index is 0.701. The molecule has 0 saturated heterocycles. The molecule has 5 heteroatoms. The van der Waals surface area contributed by atoms with Crippen molar-refractivity contribution in [1.29, 1.82) is 0 Å². The van der Waals surface area contributed by atoms with Gasteiger partial charge < -0.3 is 0 Å². The van der Waals surface area contributed by atoms with Gasteiger partial charge in [0, 0.05) is 30.2 Å². The topological polar surface area (TPSA) is 35.6 Å². The smallest absolute Gasteiger partial charge is 0.202 e. The fourth-order valence-electron chi connectivity index (χ4n) is 3.04. The summed E-state index contributed by atoms with van der Waals surface area (Å²) in [6.45, 7) is 2.81. The third kappa shape index (κ3) is 3.73. The van der Waals surface area contributed by atoms with E-state index in [0.717, 1.165) is 30.0 Å². The first kappa shape index (κ1) is 17.4. The van der Waals surface area contributed by atoms with Gasteiger partial charge in [0.15, 0.2) is 5.82 Å². The van der Waals surface area contributed by atoms with E-state index in [2.05, 4.69) is 52.9 Å². The molecule has 0 radical (unpaired) electrons. The van der Waals surface area contributed by atoms with Crippen LogP contribution in [0.1, 0.15) is 11.1 Å². The highest BCUT2D eigenvalue weighted by atomic mass is 32.1. The van der Waals surface area contributed by atoms with Crippen LogP contribution in [0.2, 0.25) is 0 Å². The number of nitrogens with zero attached hydrogens (tertiary/aromatic N) is 4. The average molecular weight is 372 g/mol. The molecule has 0 aliphatic rings. The number of hydrogen-bond acceptors (Lipinski definition) is 3. The first-order valence-electron chi connectivity index (χ1n) is 8.93. The van der Waals surface area contributed by atoms with Crippen molar-refractivity contribution >= 4 is 12.2 Å². The molecule has 2 heterocycles. The average Bonchev–Trinajstić information content (AvgIpc) is 3.05. The Balaban J connectivity index is 1.77. The molecule has 134 valence electrons. The zero-order valence-electron chi connectivity index (χ0n) is 15.1. The van der Waals surface area contributed by atoms with Crippen LogP contribution in [0, 0.1) is 11.7 Å². The zero-order chi connectivity index (χ0) is 18.6. The van der Waals surface area contributed by atoms with Crippen molar-refractivity contribution in [1.82, 2.24) is 19.3 Å². The van der Waals surface area contributed by atoms with Crippen LogP contribution in [0.4, 0.5) is 0 Å². The van der Waals surface area contributed by atoms with Crippen molar-refractivity contribution < 1.29 is 0 Å². The van der Waals surface area contributed by atoms with Crippen LogP contribution in [0.15, 0.2) is 79.1 Å². The third-order valence-corrected chi connectivity index (χ3v) is 4.92. The van der Waals surface area contributed by atoms with Crippen molar-refractivity contribution in [2.45, 2.75) is 19.9 Å². The summed E-state index contributed by atoms with van der Waals surface area (Å²) in [5.41, 5.74) is 4.51. The summed E-state index contributed by atoms with van der Waals surface area (Å²) in [5.74, 6) is 0.860. The number of pyridine rings is 1. The monoisotopic (exact) mass is 372 g/mol. The van der Waals surface area contributed by atoms with E-state index >= 15 is 0 Å². The largest absolute Gasteiger partial charge is 0.268 e. The molecule has 2 aromatic carbocycles. The molecule has 0 aliphatic heterocycles. The number of benzene rings is 2. The second kappa shape index (κ2) is 7.68. The van der Waals surface area contributed by atoms with Gasteiger partial charge in [-0.1, -0.05) is 48.0 Å². The van der Waals surface area contributed by atoms with Crippen molar-refractivity contribution in [2.24, 2.45) is 0 Å². The summed E-state index contributed by atoms with van der Waals surface area (Å²) in [6, 6.07) is 22.6. The fraction of sp³-hybridized carbons (Fsp3) is 0.136. The zero-order valence-corrected chi connectivity index (χ0v) is 15.9. The maximum atomic E-state index is 5.79. The van der Waals surface area contributed by atoms with E-state index in [1.807, 2.05) is 47.4 Å². The van der Waals surface area contributed by atoms with Crippen molar-refractivity contribution in [3.63, 3.8) is 0 Å². The lowest BCUT2D eigenvalue weighted by molar-refractivity contribution is 0.603. The van der Waals surface area contributed by atoms with E-state index in [-0.39, 0.29) is 0 Å². The van der Waals surface area contributed by atoms with Crippen LogP contribution in [-0.2, 0) is 13.0 Å². The maximum Gasteiger partial charge on any atom is 0.202 e. The van der Waals surface area contributed by atoms with Gasteiger partial charge in [0.05, 0.1) is 0 Å². The third-order valence-electron chi connectivity index (χ3n) is 4.53. The Kier molecular flexibility index (Phi) is 4.94. The van der Waals surface area contributed by atoms with Gasteiger partial charge in [0.25, 0.3) is 0 Å². The quantitative estimate of drug-likeness (QED) is 0.462. The van der Waals surface area contributed by atoms with Crippen molar-refractivity contribution in [2.75, 3.05) is 0 Å². The first-order valence-corrected chi connectivity index (χ1v) is 9.34. The molecule has 0 spiro atoms. The lowest BCUT2D eigenvalue weighted by Gasteiger charge is -2.07. The van der Waals surface area contributed by atoms with E-state index in [1.165, 1.54) is 11.1 Å². The normalized spacial score (nSPS) is 10.9. The minimum absolute atomic E-state index is 0.701. The van der Waals surface area contributed by atoms with Crippen LogP contribution < -0.4 is 0 Å². The van der Waals surface area contributed by atoms with Crippen molar-refractivity contribution in [3.05, 3.63) is 95.0 Å². The molecule has 4 rings (SSSR count). The highest BCUT2D eigenvalue weighted by Gasteiger charge is 2.14. The Bertz CT molecular complexity index is 1080. The maximum absolute atomic E-state index is 5.79. The van der Waals surface area contributed by atoms with E-state index in [1.54, 1.807) is 0 Å². The van der Waals surface area contributed by atoms with Crippen LogP contribution in [0.3, 0.4) is 0 Å². The van der Waals surface area contributed by atoms with Gasteiger partial charge >= 0.3 is 0 Å². The molecule has 0 unspecified atom stereocenters. The predicted octanol–water partition coefficient (Wildman–Crippen LogP) is 5.02. The summed E-state index contributed by atoms with van der Waals surface area (Å²) >= 11 is 5.79. The van der Waals surface area contributed by atoms with Crippen LogP contribution >= 0.6 is 12.2 Å². The molecule has 0 atom stereocenters. The molecule has 0 aliphatic carbocycles. The lowest BCUT2D eigenvalue weighted by atomic mass is 10.2. The number of hydrogen-bond donors (Lipinski definition) is 0. The molecule has 0 bridgehead atoms. The Labute approximate surface area is 163 Å². The van der Waals surface area contributed by atoms with E-state index in [9.17, 15) is 0 Å². The molecule has 4 aromatic rings. The Morgan fingerprint density at radius 2 is 1.59 bits per heavy atom. The van der Waals surface area contributed by atoms with Crippen LogP contribution in [-0.4, -0.2) is 19.3 Å². The number of aromatic nitrogens is 4. The van der Waals surface area contributed by atoms with Crippen LogP contribution in [0.5, 0.6) is 0 Å². The molecule has 27 heavy (non-hydrogen) atoms. The van der Waals surface area contributed by atoms with E-state index in [4.69, 9.17) is 17.3 Å². The molecule has 0 saturated carbocycles. The van der Waals surface area contributed by atoms with Crippen molar-refractivity contribution in [3.8, 4) is 17.1 Å². The number of rotatable bonds is 5. The summed E-state index contributed by atoms with van der Waals surface area (Å²) < 4.78 is 4.67. The molecule has 0 amide bonds. The Hall–Kier alpha value is -3.05.